The van der Waals surface area contributed by atoms with Crippen LogP contribution in [0.15, 0.2) is 79.3 Å². The van der Waals surface area contributed by atoms with E-state index in [4.69, 9.17) is 9.97 Å². The number of benzene rings is 1. The Balaban J connectivity index is 1.44. The maximum absolute atomic E-state index is 4.89. The van der Waals surface area contributed by atoms with Gasteiger partial charge in [0.2, 0.25) is 0 Å². The van der Waals surface area contributed by atoms with Gasteiger partial charge in [-0.15, -0.1) is 0 Å². The maximum Gasteiger partial charge on any atom is 0.136 e. The van der Waals surface area contributed by atoms with Gasteiger partial charge in [-0.3, -0.25) is 4.98 Å². The van der Waals surface area contributed by atoms with Crippen molar-refractivity contribution >= 4 is 11.5 Å². The summed E-state index contributed by atoms with van der Waals surface area (Å²) < 4.78 is 2.01. The second-order valence-corrected chi connectivity index (χ2v) is 8.36. The predicted molar refractivity (Wildman–Crippen MR) is 130 cm³/mol. The van der Waals surface area contributed by atoms with Crippen molar-refractivity contribution in [2.45, 2.75) is 33.2 Å². The molecule has 1 N–H and O–H groups in total. The number of hydrogen-bond donors (Lipinski definition) is 1. The number of aromatic nitrogens is 5. The van der Waals surface area contributed by atoms with Gasteiger partial charge >= 0.3 is 0 Å². The molecule has 4 heterocycles. The Hall–Kier alpha value is -4.06. The molecule has 4 aromatic heterocycles. The van der Waals surface area contributed by atoms with E-state index in [9.17, 15) is 0 Å². The minimum absolute atomic E-state index is 0.593. The molecule has 6 nitrogen and oxygen atoms in total. The summed E-state index contributed by atoms with van der Waals surface area (Å²) in [5.74, 6) is 1.59. The number of imidazole rings is 1. The molecule has 0 aliphatic rings. The third-order valence-electron chi connectivity index (χ3n) is 5.48. The van der Waals surface area contributed by atoms with Gasteiger partial charge in [-0.1, -0.05) is 30.3 Å². The molecule has 0 aliphatic carbocycles. The van der Waals surface area contributed by atoms with Crippen molar-refractivity contribution in [1.82, 2.24) is 24.3 Å². The first kappa shape index (κ1) is 20.8. The highest BCUT2D eigenvalue weighted by Crippen LogP contribution is 2.17. The highest BCUT2D eigenvalue weighted by Gasteiger charge is 2.09. The van der Waals surface area contributed by atoms with E-state index < -0.39 is 0 Å². The molecule has 0 amide bonds. The fraction of sp³-hybridized carbons (Fsp3) is 0.185. The Kier molecular flexibility index (Phi) is 5.81. The number of pyridine rings is 2. The third kappa shape index (κ3) is 5.23. The van der Waals surface area contributed by atoms with Gasteiger partial charge in [0.1, 0.15) is 17.3 Å². The van der Waals surface area contributed by atoms with Gasteiger partial charge in [0.05, 0.1) is 12.1 Å². The first-order valence-electron chi connectivity index (χ1n) is 11.1. The molecular formula is C27H26N6. The lowest BCUT2D eigenvalue weighted by molar-refractivity contribution is 0.887. The molecule has 164 valence electrons. The van der Waals surface area contributed by atoms with E-state index >= 15 is 0 Å². The third-order valence-corrected chi connectivity index (χ3v) is 5.48. The number of hydrogen-bond acceptors (Lipinski definition) is 5. The number of anilines is 1. The zero-order valence-electron chi connectivity index (χ0n) is 18.9. The lowest BCUT2D eigenvalue weighted by Gasteiger charge is -2.11. The quantitative estimate of drug-likeness (QED) is 0.393. The van der Waals surface area contributed by atoms with Gasteiger partial charge in [-0.2, -0.15) is 0 Å². The summed E-state index contributed by atoms with van der Waals surface area (Å²) in [6.07, 6.45) is 7.09. The second-order valence-electron chi connectivity index (χ2n) is 8.36. The fourth-order valence-electron chi connectivity index (χ4n) is 4.05. The van der Waals surface area contributed by atoms with Crippen LogP contribution in [0.5, 0.6) is 0 Å². The lowest BCUT2D eigenvalue weighted by atomic mass is 10.1. The number of aryl methyl sites for hydroxylation is 2. The van der Waals surface area contributed by atoms with E-state index in [0.717, 1.165) is 39.9 Å². The first-order valence-corrected chi connectivity index (χ1v) is 11.1. The zero-order chi connectivity index (χ0) is 22.6. The average Bonchev–Trinajstić information content (AvgIpc) is 3.25. The molecule has 0 bridgehead atoms. The largest absolute Gasteiger partial charge is 0.366 e. The van der Waals surface area contributed by atoms with Gasteiger partial charge in [0, 0.05) is 49.0 Å². The van der Waals surface area contributed by atoms with Gasteiger partial charge in [-0.05, 0) is 54.8 Å². The number of rotatable bonds is 7. The van der Waals surface area contributed by atoms with Crippen molar-refractivity contribution in [3.8, 4) is 0 Å². The Morgan fingerprint density at radius 2 is 1.64 bits per heavy atom. The Morgan fingerprint density at radius 3 is 2.48 bits per heavy atom. The van der Waals surface area contributed by atoms with Crippen LogP contribution in [0.4, 0.5) is 5.82 Å². The predicted octanol–water partition coefficient (Wildman–Crippen LogP) is 4.93. The summed E-state index contributed by atoms with van der Waals surface area (Å²) in [5.41, 5.74) is 7.47. The van der Waals surface area contributed by atoms with Crippen LogP contribution in [0.2, 0.25) is 0 Å². The van der Waals surface area contributed by atoms with Gasteiger partial charge < -0.3 is 9.72 Å². The molecule has 0 saturated heterocycles. The van der Waals surface area contributed by atoms with Gasteiger partial charge in [0.25, 0.3) is 0 Å². The summed E-state index contributed by atoms with van der Waals surface area (Å²) in [4.78, 5) is 18.8. The first-order chi connectivity index (χ1) is 16.1. The van der Waals surface area contributed by atoms with Gasteiger partial charge in [-0.25, -0.2) is 15.0 Å². The van der Waals surface area contributed by atoms with Crippen molar-refractivity contribution in [1.29, 1.82) is 0 Å². The number of nitrogens with one attached hydrogen (secondary N) is 1. The van der Waals surface area contributed by atoms with E-state index in [0.29, 0.717) is 19.4 Å². The van der Waals surface area contributed by atoms with E-state index in [1.165, 1.54) is 11.1 Å². The summed E-state index contributed by atoms with van der Waals surface area (Å²) in [5, 5.41) is 3.47. The van der Waals surface area contributed by atoms with Crippen molar-refractivity contribution in [2.75, 3.05) is 5.32 Å². The molecule has 0 atom stereocenters. The van der Waals surface area contributed by atoms with Crippen LogP contribution in [0, 0.1) is 13.8 Å². The van der Waals surface area contributed by atoms with Crippen LogP contribution in [-0.4, -0.2) is 24.3 Å². The minimum atomic E-state index is 0.593. The molecule has 5 aromatic rings. The SMILES string of the molecule is Cc1cc(C)nc(Cc2nc(Cc3ccn4ccnc4c3)cc(NCc3ccccc3)n2)c1. The smallest absolute Gasteiger partial charge is 0.136 e. The van der Waals surface area contributed by atoms with Crippen molar-refractivity contribution in [3.63, 3.8) is 0 Å². The number of fused-ring (bicyclic) bond motifs is 1. The van der Waals surface area contributed by atoms with Crippen LogP contribution < -0.4 is 5.32 Å². The molecule has 0 spiro atoms. The summed E-state index contributed by atoms with van der Waals surface area (Å²) in [7, 11) is 0. The lowest BCUT2D eigenvalue weighted by Crippen LogP contribution is -2.08. The second kappa shape index (κ2) is 9.20. The van der Waals surface area contributed by atoms with Gasteiger partial charge in [0.15, 0.2) is 0 Å². The highest BCUT2D eigenvalue weighted by atomic mass is 15.0. The van der Waals surface area contributed by atoms with Crippen LogP contribution >= 0.6 is 0 Å². The van der Waals surface area contributed by atoms with Crippen molar-refractivity contribution in [2.24, 2.45) is 0 Å². The van der Waals surface area contributed by atoms with E-state index in [1.54, 1.807) is 0 Å². The number of nitrogens with zero attached hydrogens (tertiary/aromatic N) is 5. The van der Waals surface area contributed by atoms with Crippen LogP contribution in [0.25, 0.3) is 5.65 Å². The topological polar surface area (TPSA) is 68.0 Å². The van der Waals surface area contributed by atoms with E-state index in [-0.39, 0.29) is 0 Å². The standard InChI is InChI=1S/C27H26N6/c1-19-12-20(2)30-23(13-19)17-26-31-24(14-22-8-10-33-11-9-28-27(33)15-22)16-25(32-26)29-18-21-6-4-3-5-7-21/h3-13,15-16H,14,17-18H2,1-2H3,(H,29,31,32). The van der Waals surface area contributed by atoms with Crippen LogP contribution in [0.1, 0.15) is 39.6 Å². The summed E-state index contributed by atoms with van der Waals surface area (Å²) in [6.45, 7) is 4.82. The highest BCUT2D eigenvalue weighted by molar-refractivity contribution is 5.44. The normalized spacial score (nSPS) is 11.1. The molecule has 5 rings (SSSR count). The molecule has 0 radical (unpaired) electrons. The Morgan fingerprint density at radius 1 is 0.788 bits per heavy atom. The molecule has 0 fully saturated rings. The van der Waals surface area contributed by atoms with E-state index in [1.807, 2.05) is 54.2 Å². The zero-order valence-corrected chi connectivity index (χ0v) is 18.9. The Labute approximate surface area is 193 Å². The monoisotopic (exact) mass is 434 g/mol. The maximum atomic E-state index is 4.89. The van der Waals surface area contributed by atoms with Crippen LogP contribution in [0.3, 0.4) is 0 Å². The van der Waals surface area contributed by atoms with E-state index in [2.05, 4.69) is 58.6 Å². The fourth-order valence-corrected chi connectivity index (χ4v) is 4.05. The minimum Gasteiger partial charge on any atom is -0.366 e. The average molecular weight is 435 g/mol. The van der Waals surface area contributed by atoms with Crippen LogP contribution in [-0.2, 0) is 19.4 Å². The van der Waals surface area contributed by atoms with Crippen molar-refractivity contribution < 1.29 is 0 Å². The Bertz CT molecular complexity index is 1370. The van der Waals surface area contributed by atoms with Crippen molar-refractivity contribution in [3.05, 3.63) is 119 Å². The molecule has 0 aliphatic heterocycles. The molecule has 1 aromatic carbocycles. The molecular weight excluding hydrogens is 408 g/mol. The molecule has 0 saturated carbocycles. The molecule has 6 heteroatoms. The summed E-state index contributed by atoms with van der Waals surface area (Å²) >= 11 is 0. The summed E-state index contributed by atoms with van der Waals surface area (Å²) in [6, 6.07) is 20.8. The molecule has 33 heavy (non-hydrogen) atoms. The molecule has 0 unspecified atom stereocenters.